The number of alkyl halides is 3. The molecule has 514 valence electrons. The summed E-state index contributed by atoms with van der Waals surface area (Å²) in [7, 11) is 0. The number of aliphatic imine (C=N–C) groups is 1. The van der Waals surface area contributed by atoms with E-state index in [1.165, 1.54) is 12.1 Å². The number of carboxylic acids is 4. The van der Waals surface area contributed by atoms with Crippen molar-refractivity contribution >= 4 is 91.2 Å². The van der Waals surface area contributed by atoms with E-state index in [9.17, 15) is 76.7 Å². The Balaban J connectivity index is 0.00000354. The molecule has 94 heavy (non-hydrogen) atoms. The maximum absolute atomic E-state index is 14.4. The molecule has 2 atom stereocenters. The molecule has 1 aliphatic heterocycles. The molecule has 4 rings (SSSR count). The minimum Gasteiger partial charge on any atom is -0.549 e. The zero-order valence-corrected chi connectivity index (χ0v) is 55.6. The van der Waals surface area contributed by atoms with E-state index in [1.807, 2.05) is 30.3 Å². The van der Waals surface area contributed by atoms with Crippen molar-refractivity contribution in [1.82, 2.24) is 56.8 Å². The van der Waals surface area contributed by atoms with E-state index in [0.29, 0.717) is 49.3 Å². The van der Waals surface area contributed by atoms with Crippen molar-refractivity contribution in [2.45, 2.75) is 70.1 Å². The molecule has 11 N–H and O–H groups in total. The molecular formula is C60H83F3InN13O17. The van der Waals surface area contributed by atoms with Crippen LogP contribution < -0.4 is 63.0 Å². The maximum Gasteiger partial charge on any atom is 3.00 e. The molecule has 1 heterocycles. The van der Waals surface area contributed by atoms with Crippen LogP contribution in [0.25, 0.3) is 0 Å². The number of carboxylic acid groups (broad SMARTS) is 4. The average Bonchev–Trinajstić information content (AvgIpc) is 0.896. The van der Waals surface area contributed by atoms with Crippen LogP contribution in [0.1, 0.15) is 68.1 Å². The smallest absolute Gasteiger partial charge is 0.549 e. The van der Waals surface area contributed by atoms with Gasteiger partial charge in [-0.15, -0.1) is 0 Å². The standard InChI is InChI=1S/C58H85N13O15.C2HF3O2.In/c1-2-48(73)61-22-23-64-58(84)67-57(59)63-21-9-14-47(55(82)65-37-42-15-17-45(72)18-16-42)66-56(83)54(43-10-4-3-5-11-43)44-12-8-13-46(36-44)86-33-7-6-20-60-49(74)19-34-85-35-24-62-50(75)38-68-25-27-69(39-51(76)77)29-31-71(41-53(80)81)32-30-70(28-26-68)40-52(78)79;3-2(4,5)1(6)7;/h3-5,8,10-13,15-18,36,47,54,72H,2,6-7,9,14,19-35,37-41H2,1H3,(H,60,74)(H,61,73)(H,62,75)(H,65,82)(H,66,83)(H,76,77)(H,78,79)(H,80,81)(H4,59,63,64,67,84);(H,6,7);/q;;+3/p-3/t47?,54-;;/m1../s1. The molecule has 0 aliphatic carbocycles. The number of nitrogens with zero attached hydrogens (tertiary/aromatic N) is 5. The van der Waals surface area contributed by atoms with E-state index in [2.05, 4.69) is 42.2 Å². The number of unbranched alkanes of at least 4 members (excludes halogenated alkanes) is 1. The fourth-order valence-corrected chi connectivity index (χ4v) is 8.86. The van der Waals surface area contributed by atoms with Gasteiger partial charge in [0.1, 0.15) is 23.5 Å². The van der Waals surface area contributed by atoms with Crippen molar-refractivity contribution in [2.24, 2.45) is 10.7 Å². The third-order valence-electron chi connectivity index (χ3n) is 13.6. The summed E-state index contributed by atoms with van der Waals surface area (Å²) in [5.74, 6) is -8.75. The van der Waals surface area contributed by atoms with Crippen molar-refractivity contribution in [3.05, 3.63) is 95.6 Å². The minimum absolute atomic E-state index is 0. The van der Waals surface area contributed by atoms with Gasteiger partial charge in [0.15, 0.2) is 5.96 Å². The summed E-state index contributed by atoms with van der Waals surface area (Å²) in [5.41, 5.74) is 7.93. The Morgan fingerprint density at radius 2 is 1.18 bits per heavy atom. The van der Waals surface area contributed by atoms with E-state index in [0.717, 1.165) is 5.56 Å². The second kappa shape index (κ2) is 45.9. The number of carbonyl (C=O) groups is 10. The Labute approximate surface area is 560 Å². The van der Waals surface area contributed by atoms with Crippen molar-refractivity contribution in [3.8, 4) is 11.5 Å². The average molecular weight is 1430 g/mol. The van der Waals surface area contributed by atoms with E-state index in [1.54, 1.807) is 62.9 Å². The molecule has 0 saturated carbocycles. The predicted octanol–water partition coefficient (Wildman–Crippen LogP) is -4.23. The van der Waals surface area contributed by atoms with Gasteiger partial charge in [-0.05, 0) is 66.6 Å². The number of aliphatic carboxylic acids is 4. The largest absolute Gasteiger partial charge is 3.00 e. The number of hydrogen-bond acceptors (Lipinski definition) is 21. The number of halogens is 3. The van der Waals surface area contributed by atoms with Crippen LogP contribution in [-0.2, 0) is 54.4 Å². The first-order valence-corrected chi connectivity index (χ1v) is 30.0. The fourth-order valence-electron chi connectivity index (χ4n) is 8.86. The molecule has 1 fully saturated rings. The summed E-state index contributed by atoms with van der Waals surface area (Å²) in [6.07, 6.45) is -3.17. The Hall–Kier alpha value is -8.31. The van der Waals surface area contributed by atoms with Gasteiger partial charge in [-0.25, -0.2) is 4.79 Å². The summed E-state index contributed by atoms with van der Waals surface area (Å²) < 4.78 is 43.2. The molecular weight excluding hydrogens is 1350 g/mol. The van der Waals surface area contributed by atoms with Crippen molar-refractivity contribution in [2.75, 3.05) is 131 Å². The number of benzene rings is 3. The SMILES string of the molecule is CCC(=O)NCCNC(=O)NC(N)=NCCCC(NC(=O)[C@H](c1ccccc1)c1cccc(OCCCCNC(=O)CCOCCNC(=O)CN2CCN(CC(=O)[O-])CCN(CC(=O)[O-])CCN(CC(=O)O)CC2)c1)C(=O)NCc1ccc(O)cc1.O=C([O-])C(F)(F)F.[In+3]. The van der Waals surface area contributed by atoms with Crippen LogP contribution in [0.4, 0.5) is 18.0 Å². The van der Waals surface area contributed by atoms with Crippen LogP contribution in [0, 0.1) is 0 Å². The van der Waals surface area contributed by atoms with Crippen LogP contribution in [0.2, 0.25) is 0 Å². The summed E-state index contributed by atoms with van der Waals surface area (Å²) in [6.45, 7) is 4.09. The molecule has 0 spiro atoms. The van der Waals surface area contributed by atoms with Crippen LogP contribution in [0.15, 0.2) is 83.9 Å². The van der Waals surface area contributed by atoms with Gasteiger partial charge < -0.3 is 87.0 Å². The number of phenolic OH excluding ortho intramolecular Hbond substituents is 1. The fraction of sp³-hybridized carbons (Fsp3) is 0.517. The number of nitrogens with two attached hydrogens (primary N) is 1. The Bertz CT molecular complexity index is 2850. The van der Waals surface area contributed by atoms with Gasteiger partial charge in [0.05, 0.1) is 50.8 Å². The normalized spacial score (nSPS) is 14.2. The second-order valence-electron chi connectivity index (χ2n) is 21.0. The number of amides is 7. The molecule has 0 aromatic heterocycles. The summed E-state index contributed by atoms with van der Waals surface area (Å²) in [4.78, 5) is 131. The van der Waals surface area contributed by atoms with Crippen LogP contribution >= 0.6 is 0 Å². The first kappa shape index (κ1) is 81.8. The number of nitrogens with one attached hydrogen (secondary N) is 7. The number of aromatic hydroxyl groups is 1. The molecule has 3 aromatic carbocycles. The van der Waals surface area contributed by atoms with Crippen molar-refractivity contribution in [1.29, 1.82) is 0 Å². The molecule has 1 saturated heterocycles. The third kappa shape index (κ3) is 36.8. The molecule has 0 bridgehead atoms. The molecule has 1 unspecified atom stereocenters. The van der Waals surface area contributed by atoms with Crippen LogP contribution in [0.5, 0.6) is 11.5 Å². The predicted molar refractivity (Wildman–Crippen MR) is 329 cm³/mol. The quantitative estimate of drug-likeness (QED) is 0.0152. The molecule has 1 aliphatic rings. The number of rotatable bonds is 35. The first-order chi connectivity index (χ1) is 44.3. The van der Waals surface area contributed by atoms with Crippen molar-refractivity contribution < 1.29 is 96.1 Å². The van der Waals surface area contributed by atoms with E-state index >= 15 is 0 Å². The number of carbonyl (C=O) groups excluding carboxylic acids is 9. The monoisotopic (exact) mass is 1430 g/mol. The third-order valence-corrected chi connectivity index (χ3v) is 13.6. The van der Waals surface area contributed by atoms with Gasteiger partial charge in [0.2, 0.25) is 29.5 Å². The summed E-state index contributed by atoms with van der Waals surface area (Å²) >= 11 is 0. The van der Waals surface area contributed by atoms with Crippen molar-refractivity contribution in [3.63, 3.8) is 0 Å². The topological polar surface area (TPSA) is 434 Å². The van der Waals surface area contributed by atoms with Gasteiger partial charge in [-0.3, -0.25) is 58.7 Å². The zero-order valence-electron chi connectivity index (χ0n) is 52.3. The van der Waals surface area contributed by atoms with Gasteiger partial charge in [-0.1, -0.05) is 61.5 Å². The van der Waals surface area contributed by atoms with E-state index < -0.39 is 72.9 Å². The Morgan fingerprint density at radius 3 is 1.76 bits per heavy atom. The van der Waals surface area contributed by atoms with Crippen LogP contribution in [0.3, 0.4) is 0 Å². The Morgan fingerprint density at radius 1 is 0.628 bits per heavy atom. The van der Waals surface area contributed by atoms with E-state index in [-0.39, 0.29) is 186 Å². The van der Waals surface area contributed by atoms with Gasteiger partial charge in [-0.2, -0.15) is 13.2 Å². The van der Waals surface area contributed by atoms with Gasteiger partial charge >= 0.3 is 44.0 Å². The number of ether oxygens (including phenoxy) is 2. The first-order valence-electron chi connectivity index (χ1n) is 30.0. The zero-order chi connectivity index (χ0) is 68.6. The molecule has 7 amide bonds. The number of phenols is 1. The number of guanidine groups is 1. The minimum atomic E-state index is -5.19. The summed E-state index contributed by atoms with van der Waals surface area (Å²) in [6, 6.07) is 20.9. The summed E-state index contributed by atoms with van der Waals surface area (Å²) in [5, 5.41) is 69.9. The molecule has 3 aromatic rings. The van der Waals surface area contributed by atoms with Crippen LogP contribution in [-0.4, -0.2) is 264 Å². The number of urea groups is 1. The second-order valence-corrected chi connectivity index (χ2v) is 21.0. The number of hydrogen-bond donors (Lipinski definition) is 10. The van der Waals surface area contributed by atoms with E-state index in [4.69, 9.17) is 25.1 Å². The van der Waals surface area contributed by atoms with Gasteiger partial charge in [0.25, 0.3) is 0 Å². The molecule has 30 nitrogen and oxygen atoms in total. The van der Waals surface area contributed by atoms with Gasteiger partial charge in [0, 0.05) is 118 Å². The maximum atomic E-state index is 14.4. The Kier molecular flexibility index (Phi) is 39.9. The molecule has 34 heteroatoms. The molecule has 0 radical (unpaired) electrons.